The van der Waals surface area contributed by atoms with E-state index in [0.717, 1.165) is 33.9 Å². The Morgan fingerprint density at radius 2 is 2.00 bits per heavy atom. The van der Waals surface area contributed by atoms with Crippen molar-refractivity contribution in [1.29, 1.82) is 0 Å². The van der Waals surface area contributed by atoms with Crippen molar-refractivity contribution in [3.8, 4) is 0 Å². The predicted molar refractivity (Wildman–Crippen MR) is 105 cm³/mol. The Labute approximate surface area is 160 Å². The van der Waals surface area contributed by atoms with Crippen LogP contribution in [-0.2, 0) is 16.5 Å². The van der Waals surface area contributed by atoms with Crippen molar-refractivity contribution in [2.75, 3.05) is 11.9 Å². The fourth-order valence-corrected chi connectivity index (χ4v) is 3.59. The number of allylic oxidation sites excluding steroid dienone is 2. The first-order chi connectivity index (χ1) is 12.8. The van der Waals surface area contributed by atoms with Crippen molar-refractivity contribution >= 4 is 12.0 Å². The van der Waals surface area contributed by atoms with Gasteiger partial charge in [0.25, 0.3) is 0 Å². The van der Waals surface area contributed by atoms with E-state index in [4.69, 9.17) is 14.6 Å². The number of fused-ring (bicyclic) bond motifs is 1. The lowest BCUT2D eigenvalue weighted by Crippen LogP contribution is -2.23. The van der Waals surface area contributed by atoms with Gasteiger partial charge in [-0.15, -0.1) is 0 Å². The Morgan fingerprint density at radius 1 is 1.30 bits per heavy atom. The van der Waals surface area contributed by atoms with Gasteiger partial charge in [0.2, 0.25) is 0 Å². The molecule has 1 aromatic heterocycles. The summed E-state index contributed by atoms with van der Waals surface area (Å²) in [5.74, 6) is 1.50. The maximum atomic E-state index is 12.1. The largest absolute Gasteiger partial charge is 0.513 e. The standard InChI is InChI=1S/C21H27N3O3/c1-7-26-21(25)27-19-14(5)22-20-17(18(12(2)3)23-24(20)6)16(19)15-11-9-8-10-13(15)4/h8-12,16,22H,7H2,1-6H3. The van der Waals surface area contributed by atoms with Crippen LogP contribution in [-0.4, -0.2) is 22.5 Å². The Kier molecular flexibility index (Phi) is 5.26. The molecule has 1 unspecified atom stereocenters. The van der Waals surface area contributed by atoms with Crippen molar-refractivity contribution < 1.29 is 14.3 Å². The zero-order valence-corrected chi connectivity index (χ0v) is 16.8. The minimum Gasteiger partial charge on any atom is -0.434 e. The lowest BCUT2D eigenvalue weighted by molar-refractivity contribution is 0.0777. The van der Waals surface area contributed by atoms with Gasteiger partial charge in [0.05, 0.1) is 23.9 Å². The monoisotopic (exact) mass is 369 g/mol. The second kappa shape index (κ2) is 7.47. The first-order valence-corrected chi connectivity index (χ1v) is 9.29. The SMILES string of the molecule is CCOC(=O)OC1=C(C)Nc2c(c(C(C)C)nn2C)C1c1ccccc1C. The van der Waals surface area contributed by atoms with Crippen LogP contribution in [0.2, 0.25) is 0 Å². The highest BCUT2D eigenvalue weighted by molar-refractivity contribution is 5.68. The van der Waals surface area contributed by atoms with E-state index in [-0.39, 0.29) is 18.4 Å². The molecule has 3 rings (SSSR count). The Hall–Kier alpha value is -2.76. The van der Waals surface area contributed by atoms with Gasteiger partial charge < -0.3 is 14.8 Å². The van der Waals surface area contributed by atoms with Crippen molar-refractivity contribution in [3.05, 3.63) is 58.1 Å². The number of aryl methyl sites for hydroxylation is 2. The van der Waals surface area contributed by atoms with Crippen molar-refractivity contribution in [2.45, 2.75) is 46.5 Å². The average Bonchev–Trinajstić information content (AvgIpc) is 2.93. The number of nitrogens with zero attached hydrogens (tertiary/aromatic N) is 2. The second-order valence-electron chi connectivity index (χ2n) is 7.11. The lowest BCUT2D eigenvalue weighted by Gasteiger charge is -2.30. The summed E-state index contributed by atoms with van der Waals surface area (Å²) in [5, 5.41) is 8.10. The molecule has 6 nitrogen and oxygen atoms in total. The molecule has 0 saturated carbocycles. The highest BCUT2D eigenvalue weighted by Crippen LogP contribution is 2.46. The van der Waals surface area contributed by atoms with Crippen molar-refractivity contribution in [1.82, 2.24) is 9.78 Å². The smallest absolute Gasteiger partial charge is 0.434 e. The zero-order valence-electron chi connectivity index (χ0n) is 16.8. The summed E-state index contributed by atoms with van der Waals surface area (Å²) in [6.07, 6.45) is -0.689. The molecule has 6 heteroatoms. The number of hydrogen-bond donors (Lipinski definition) is 1. The van der Waals surface area contributed by atoms with Crippen LogP contribution < -0.4 is 5.32 Å². The molecule has 0 fully saturated rings. The second-order valence-corrected chi connectivity index (χ2v) is 7.11. The van der Waals surface area contributed by atoms with Crippen LogP contribution in [0.3, 0.4) is 0 Å². The first-order valence-electron chi connectivity index (χ1n) is 9.29. The van der Waals surface area contributed by atoms with Crippen molar-refractivity contribution in [2.24, 2.45) is 7.05 Å². The fraction of sp³-hybridized carbons (Fsp3) is 0.429. The molecule has 2 aromatic rings. The number of ether oxygens (including phenoxy) is 2. The van der Waals surface area contributed by atoms with E-state index in [9.17, 15) is 4.79 Å². The third-order valence-corrected chi connectivity index (χ3v) is 4.84. The van der Waals surface area contributed by atoms with Gasteiger partial charge in [-0.1, -0.05) is 38.1 Å². The minimum absolute atomic E-state index is 0.224. The molecule has 1 atom stereocenters. The fourth-order valence-electron chi connectivity index (χ4n) is 3.59. The van der Waals surface area contributed by atoms with Crippen LogP contribution in [0.15, 0.2) is 35.7 Å². The molecule has 27 heavy (non-hydrogen) atoms. The number of carbonyl (C=O) groups excluding carboxylic acids is 1. The summed E-state index contributed by atoms with van der Waals surface area (Å²) in [6, 6.07) is 8.16. The Bertz CT molecular complexity index is 896. The highest BCUT2D eigenvalue weighted by atomic mass is 16.7. The van der Waals surface area contributed by atoms with Gasteiger partial charge in [-0.05, 0) is 37.8 Å². The van der Waals surface area contributed by atoms with Gasteiger partial charge in [-0.3, -0.25) is 4.68 Å². The van der Waals surface area contributed by atoms with Gasteiger partial charge in [-0.25, -0.2) is 4.79 Å². The Morgan fingerprint density at radius 3 is 2.63 bits per heavy atom. The molecular weight excluding hydrogens is 342 g/mol. The van der Waals surface area contributed by atoms with E-state index in [0.29, 0.717) is 5.76 Å². The molecule has 0 aliphatic carbocycles. The number of carbonyl (C=O) groups is 1. The molecular formula is C21H27N3O3. The Balaban J connectivity index is 2.22. The zero-order chi connectivity index (χ0) is 19.7. The van der Waals surface area contributed by atoms with E-state index in [1.807, 2.05) is 30.8 Å². The summed E-state index contributed by atoms with van der Waals surface area (Å²) >= 11 is 0. The lowest BCUT2D eigenvalue weighted by atomic mass is 9.82. The molecule has 0 spiro atoms. The number of benzene rings is 1. The van der Waals surface area contributed by atoms with Gasteiger partial charge in [0.15, 0.2) is 0 Å². The maximum absolute atomic E-state index is 12.1. The van der Waals surface area contributed by atoms with E-state index in [2.05, 4.69) is 38.2 Å². The summed E-state index contributed by atoms with van der Waals surface area (Å²) in [4.78, 5) is 12.1. The summed E-state index contributed by atoms with van der Waals surface area (Å²) < 4.78 is 12.6. The number of rotatable bonds is 4. The van der Waals surface area contributed by atoms with Crippen molar-refractivity contribution in [3.63, 3.8) is 0 Å². The van der Waals surface area contributed by atoms with Gasteiger partial charge in [0, 0.05) is 12.6 Å². The average molecular weight is 369 g/mol. The highest BCUT2D eigenvalue weighted by Gasteiger charge is 2.37. The van der Waals surface area contributed by atoms with Crippen LogP contribution in [0.25, 0.3) is 0 Å². The number of hydrogen-bond acceptors (Lipinski definition) is 5. The predicted octanol–water partition coefficient (Wildman–Crippen LogP) is 4.81. The van der Waals surface area contributed by atoms with Gasteiger partial charge >= 0.3 is 6.16 Å². The maximum Gasteiger partial charge on any atom is 0.513 e. The molecule has 144 valence electrons. The molecule has 1 aliphatic rings. The van der Waals surface area contributed by atoms with E-state index < -0.39 is 6.16 Å². The van der Waals surface area contributed by atoms with E-state index in [1.165, 1.54) is 0 Å². The van der Waals surface area contributed by atoms with Gasteiger partial charge in [0.1, 0.15) is 11.6 Å². The van der Waals surface area contributed by atoms with E-state index in [1.54, 1.807) is 6.92 Å². The quantitative estimate of drug-likeness (QED) is 0.783. The molecule has 0 amide bonds. The van der Waals surface area contributed by atoms with E-state index >= 15 is 0 Å². The normalized spacial score (nSPS) is 16.2. The third kappa shape index (κ3) is 3.44. The molecule has 1 aromatic carbocycles. The molecule has 0 saturated heterocycles. The van der Waals surface area contributed by atoms with Crippen LogP contribution in [0.5, 0.6) is 0 Å². The first kappa shape index (κ1) is 19.0. The van der Waals surface area contributed by atoms with Crippen LogP contribution in [0.4, 0.5) is 10.6 Å². The number of nitrogens with one attached hydrogen (secondary N) is 1. The topological polar surface area (TPSA) is 65.4 Å². The number of aromatic nitrogens is 2. The molecule has 1 aliphatic heterocycles. The number of anilines is 1. The molecule has 1 N–H and O–H groups in total. The van der Waals surface area contributed by atoms with Gasteiger partial charge in [-0.2, -0.15) is 5.10 Å². The van der Waals surface area contributed by atoms with Crippen LogP contribution >= 0.6 is 0 Å². The summed E-state index contributed by atoms with van der Waals surface area (Å²) in [5.41, 5.74) is 5.04. The van der Waals surface area contributed by atoms with Crippen LogP contribution in [0, 0.1) is 6.92 Å². The summed E-state index contributed by atoms with van der Waals surface area (Å²) in [7, 11) is 1.93. The molecule has 0 bridgehead atoms. The molecule has 0 radical (unpaired) electrons. The third-order valence-electron chi connectivity index (χ3n) is 4.84. The van der Waals surface area contributed by atoms with Crippen LogP contribution in [0.1, 0.15) is 61.9 Å². The molecule has 2 heterocycles. The summed E-state index contributed by atoms with van der Waals surface area (Å²) in [6.45, 7) is 10.2. The minimum atomic E-state index is -0.689.